The Morgan fingerprint density at radius 1 is 1.22 bits per heavy atom. The van der Waals surface area contributed by atoms with E-state index in [1.54, 1.807) is 19.1 Å². The first-order chi connectivity index (χ1) is 15.3. The Morgan fingerprint density at radius 3 is 2.72 bits per heavy atom. The summed E-state index contributed by atoms with van der Waals surface area (Å²) in [6, 6.07) is 9.30. The van der Waals surface area contributed by atoms with Crippen molar-refractivity contribution in [2.45, 2.75) is 13.0 Å². The van der Waals surface area contributed by atoms with E-state index in [0.717, 1.165) is 10.6 Å². The first-order valence-corrected chi connectivity index (χ1v) is 9.64. The highest BCUT2D eigenvalue weighted by Gasteiger charge is 2.23. The first-order valence-electron chi connectivity index (χ1n) is 9.26. The lowest BCUT2D eigenvalue weighted by molar-refractivity contribution is 0.501. The molecule has 0 amide bonds. The third-order valence-electron chi connectivity index (χ3n) is 4.71. The second kappa shape index (κ2) is 8.20. The Morgan fingerprint density at radius 2 is 1.97 bits per heavy atom. The summed E-state index contributed by atoms with van der Waals surface area (Å²) in [5.74, 6) is -2.30. The van der Waals surface area contributed by atoms with Gasteiger partial charge in [0.1, 0.15) is 23.3 Å². The van der Waals surface area contributed by atoms with E-state index in [-0.39, 0.29) is 44.8 Å². The van der Waals surface area contributed by atoms with Crippen LogP contribution >= 0.6 is 11.6 Å². The van der Waals surface area contributed by atoms with Gasteiger partial charge in [-0.05, 0) is 31.2 Å². The fourth-order valence-electron chi connectivity index (χ4n) is 3.25. The Bertz CT molecular complexity index is 1470. The normalized spacial score (nSPS) is 11.8. The Balaban J connectivity index is 1.98. The lowest BCUT2D eigenvalue weighted by Crippen LogP contribution is -2.28. The molecule has 0 radical (unpaired) electrons. The molecule has 0 bridgehead atoms. The van der Waals surface area contributed by atoms with Gasteiger partial charge >= 0.3 is 0 Å². The molecule has 4 aromatic rings. The highest BCUT2D eigenvalue weighted by molar-refractivity contribution is 6.35. The molecule has 2 heterocycles. The van der Waals surface area contributed by atoms with Gasteiger partial charge in [0.25, 0.3) is 5.56 Å². The van der Waals surface area contributed by atoms with Gasteiger partial charge in [0.15, 0.2) is 11.6 Å². The first kappa shape index (κ1) is 21.1. The summed E-state index contributed by atoms with van der Waals surface area (Å²) in [6.45, 7) is 1.62. The minimum absolute atomic E-state index is 0.0374. The molecule has 0 aliphatic rings. The smallest absolute Gasteiger partial charge is 0.267 e. The number of nitrogen functional groups attached to an aromatic ring is 1. The summed E-state index contributed by atoms with van der Waals surface area (Å²) in [6.07, 6.45) is 1.24. The second-order valence-corrected chi connectivity index (χ2v) is 7.19. The summed E-state index contributed by atoms with van der Waals surface area (Å²) in [4.78, 5) is 25.7. The number of nitrogens with two attached hydrogens (primary N) is 1. The molecule has 0 fully saturated rings. The van der Waals surface area contributed by atoms with E-state index >= 15 is 0 Å². The van der Waals surface area contributed by atoms with Crippen LogP contribution in [0.1, 0.15) is 24.4 Å². The minimum Gasteiger partial charge on any atom is -0.368 e. The molecule has 4 rings (SSSR count). The Kier molecular flexibility index (Phi) is 5.42. The third kappa shape index (κ3) is 3.59. The topological polar surface area (TPSA) is 123 Å². The molecular weight excluding hydrogens is 440 g/mol. The SMILES string of the molecule is CC(Nc1nc(N)ncc1C#N)c1nc2cccc(Cl)c2c(=O)n1-c1cccc(F)c1F. The summed E-state index contributed by atoms with van der Waals surface area (Å²) in [7, 11) is 0. The maximum atomic E-state index is 14.7. The molecule has 0 aliphatic carbocycles. The van der Waals surface area contributed by atoms with Gasteiger partial charge in [0.05, 0.1) is 33.9 Å². The van der Waals surface area contributed by atoms with Crippen molar-refractivity contribution in [3.8, 4) is 11.8 Å². The summed E-state index contributed by atoms with van der Waals surface area (Å²) >= 11 is 6.21. The van der Waals surface area contributed by atoms with Crippen LogP contribution in [0.3, 0.4) is 0 Å². The number of benzene rings is 2. The zero-order chi connectivity index (χ0) is 23.0. The van der Waals surface area contributed by atoms with Crippen molar-refractivity contribution in [3.63, 3.8) is 0 Å². The van der Waals surface area contributed by atoms with E-state index in [1.807, 2.05) is 6.07 Å². The predicted molar refractivity (Wildman–Crippen MR) is 115 cm³/mol. The number of halogens is 3. The van der Waals surface area contributed by atoms with Gasteiger partial charge in [-0.15, -0.1) is 0 Å². The molecule has 0 saturated carbocycles. The molecule has 32 heavy (non-hydrogen) atoms. The van der Waals surface area contributed by atoms with Crippen molar-refractivity contribution in [2.75, 3.05) is 11.1 Å². The summed E-state index contributed by atoms with van der Waals surface area (Å²) in [5.41, 5.74) is 4.96. The summed E-state index contributed by atoms with van der Waals surface area (Å²) in [5, 5.41) is 12.4. The molecule has 1 unspecified atom stereocenters. The Hall–Kier alpha value is -4.10. The second-order valence-electron chi connectivity index (χ2n) is 6.79. The molecule has 8 nitrogen and oxygen atoms in total. The molecule has 2 aromatic heterocycles. The van der Waals surface area contributed by atoms with Crippen LogP contribution in [0.15, 0.2) is 47.4 Å². The number of hydrogen-bond donors (Lipinski definition) is 2. The van der Waals surface area contributed by atoms with Gasteiger partial charge in [-0.25, -0.2) is 18.7 Å². The van der Waals surface area contributed by atoms with Gasteiger partial charge < -0.3 is 11.1 Å². The van der Waals surface area contributed by atoms with E-state index in [2.05, 4.69) is 20.3 Å². The number of hydrogen-bond acceptors (Lipinski definition) is 7. The van der Waals surface area contributed by atoms with Crippen molar-refractivity contribution in [1.29, 1.82) is 5.26 Å². The van der Waals surface area contributed by atoms with E-state index < -0.39 is 23.2 Å². The molecule has 2 aromatic carbocycles. The number of nitriles is 1. The molecule has 0 saturated heterocycles. The van der Waals surface area contributed by atoms with Crippen LogP contribution in [-0.2, 0) is 0 Å². The van der Waals surface area contributed by atoms with Crippen LogP contribution in [0.5, 0.6) is 0 Å². The maximum absolute atomic E-state index is 14.7. The van der Waals surface area contributed by atoms with E-state index in [4.69, 9.17) is 17.3 Å². The predicted octanol–water partition coefficient (Wildman–Crippen LogP) is 3.73. The largest absolute Gasteiger partial charge is 0.368 e. The number of aromatic nitrogens is 4. The maximum Gasteiger partial charge on any atom is 0.267 e. The molecule has 0 spiro atoms. The highest BCUT2D eigenvalue weighted by Crippen LogP contribution is 2.26. The van der Waals surface area contributed by atoms with Crippen LogP contribution in [0.4, 0.5) is 20.5 Å². The minimum atomic E-state index is -1.22. The number of fused-ring (bicyclic) bond motifs is 1. The van der Waals surface area contributed by atoms with Crippen molar-refractivity contribution < 1.29 is 8.78 Å². The molecule has 0 aliphatic heterocycles. The van der Waals surface area contributed by atoms with E-state index in [1.165, 1.54) is 24.4 Å². The third-order valence-corrected chi connectivity index (χ3v) is 5.03. The fraction of sp³-hybridized carbons (Fsp3) is 0.0952. The molecule has 3 N–H and O–H groups in total. The van der Waals surface area contributed by atoms with Gasteiger partial charge in [-0.3, -0.25) is 9.36 Å². The lowest BCUT2D eigenvalue weighted by Gasteiger charge is -2.21. The standard InChI is InChI=1S/C21H14ClF2N7O/c1-10(28-18-11(8-25)9-27-21(26)30-18)19-29-14-6-2-4-12(22)16(14)20(32)31(19)15-7-3-5-13(23)17(15)24/h2-7,9-10H,1H3,(H3,26,27,28,30). The fourth-order valence-corrected chi connectivity index (χ4v) is 3.50. The van der Waals surface area contributed by atoms with E-state index in [0.29, 0.717) is 0 Å². The number of nitrogens with one attached hydrogen (secondary N) is 1. The van der Waals surface area contributed by atoms with Crippen LogP contribution in [-0.4, -0.2) is 19.5 Å². The average Bonchev–Trinajstić information content (AvgIpc) is 2.76. The van der Waals surface area contributed by atoms with Gasteiger partial charge in [0, 0.05) is 0 Å². The molecular formula is C21H14ClF2N7O. The van der Waals surface area contributed by atoms with E-state index in [9.17, 15) is 18.8 Å². The quantitative estimate of drug-likeness (QED) is 0.482. The van der Waals surface area contributed by atoms with Crippen LogP contribution in [0.25, 0.3) is 16.6 Å². The van der Waals surface area contributed by atoms with Gasteiger partial charge in [-0.2, -0.15) is 10.2 Å². The number of nitrogens with zero attached hydrogens (tertiary/aromatic N) is 5. The van der Waals surface area contributed by atoms with Crippen LogP contribution < -0.4 is 16.6 Å². The van der Waals surface area contributed by atoms with Crippen molar-refractivity contribution in [3.05, 3.63) is 81.0 Å². The van der Waals surface area contributed by atoms with Crippen molar-refractivity contribution in [2.24, 2.45) is 0 Å². The highest BCUT2D eigenvalue weighted by atomic mass is 35.5. The number of rotatable bonds is 4. The lowest BCUT2D eigenvalue weighted by atomic mass is 10.2. The average molecular weight is 454 g/mol. The Labute approximate surface area is 184 Å². The summed E-state index contributed by atoms with van der Waals surface area (Å²) < 4.78 is 29.7. The van der Waals surface area contributed by atoms with Crippen LogP contribution in [0, 0.1) is 23.0 Å². The zero-order valence-corrected chi connectivity index (χ0v) is 17.2. The van der Waals surface area contributed by atoms with Gasteiger partial charge in [-0.1, -0.05) is 23.7 Å². The van der Waals surface area contributed by atoms with Crippen molar-refractivity contribution in [1.82, 2.24) is 19.5 Å². The zero-order valence-electron chi connectivity index (χ0n) is 16.5. The molecule has 160 valence electrons. The monoisotopic (exact) mass is 453 g/mol. The van der Waals surface area contributed by atoms with Crippen molar-refractivity contribution >= 4 is 34.3 Å². The molecule has 11 heteroatoms. The molecule has 1 atom stereocenters. The van der Waals surface area contributed by atoms with Crippen LogP contribution in [0.2, 0.25) is 5.02 Å². The number of anilines is 2. The van der Waals surface area contributed by atoms with Gasteiger partial charge in [0.2, 0.25) is 5.95 Å².